The van der Waals surface area contributed by atoms with Crippen molar-refractivity contribution in [3.63, 3.8) is 0 Å². The van der Waals surface area contributed by atoms with Gasteiger partial charge < -0.3 is 29.5 Å². The fraction of sp³-hybridized carbons (Fsp3) is 0.481. The molecule has 0 saturated carbocycles. The maximum atomic E-state index is 15.1. The highest BCUT2D eigenvalue weighted by molar-refractivity contribution is 5.92. The second kappa shape index (κ2) is 10.9. The minimum absolute atomic E-state index is 0.0145. The van der Waals surface area contributed by atoms with Gasteiger partial charge in [-0.3, -0.25) is 0 Å². The molecule has 0 amide bonds. The maximum Gasteiger partial charge on any atom is 0.298 e. The molecule has 206 valence electrons. The third kappa shape index (κ3) is 5.50. The third-order valence-electron chi connectivity index (χ3n) is 6.73. The van der Waals surface area contributed by atoms with Crippen molar-refractivity contribution in [2.24, 2.45) is 5.41 Å². The molecule has 1 aliphatic heterocycles. The number of halogens is 3. The van der Waals surface area contributed by atoms with E-state index in [1.165, 1.54) is 12.1 Å². The SMILES string of the molecule is COCC1(COc2cc3c(N[C@H](C)c4cccc(C(F)(F)CO)c4F)nc(C)nc3cc2OC)CN(C)C1. The monoisotopic (exact) mass is 534 g/mol. The Kier molecular flexibility index (Phi) is 8.01. The van der Waals surface area contributed by atoms with Crippen molar-refractivity contribution in [1.29, 1.82) is 0 Å². The van der Waals surface area contributed by atoms with Crippen molar-refractivity contribution in [1.82, 2.24) is 14.9 Å². The Balaban J connectivity index is 1.67. The molecule has 8 nitrogen and oxygen atoms in total. The summed E-state index contributed by atoms with van der Waals surface area (Å²) in [5, 5.41) is 12.8. The van der Waals surface area contributed by atoms with Crippen LogP contribution in [-0.4, -0.2) is 74.2 Å². The number of likely N-dealkylation sites (tertiary alicyclic amines) is 1. The molecule has 1 fully saturated rings. The Labute approximate surface area is 219 Å². The first-order valence-electron chi connectivity index (χ1n) is 12.2. The van der Waals surface area contributed by atoms with Gasteiger partial charge in [0.1, 0.15) is 24.1 Å². The number of ether oxygens (including phenoxy) is 3. The number of aliphatic hydroxyl groups excluding tert-OH is 1. The van der Waals surface area contributed by atoms with Crippen LogP contribution in [0.3, 0.4) is 0 Å². The Bertz CT molecular complexity index is 1300. The quantitative estimate of drug-likeness (QED) is 0.377. The topological polar surface area (TPSA) is 89.0 Å². The van der Waals surface area contributed by atoms with Crippen LogP contribution in [0.5, 0.6) is 11.5 Å². The highest BCUT2D eigenvalue weighted by Gasteiger charge is 2.42. The van der Waals surface area contributed by atoms with Crippen LogP contribution in [-0.2, 0) is 10.7 Å². The van der Waals surface area contributed by atoms with E-state index in [0.29, 0.717) is 47.3 Å². The summed E-state index contributed by atoms with van der Waals surface area (Å²) in [6, 6.07) is 6.50. The molecule has 3 aromatic rings. The second-order valence-corrected chi connectivity index (χ2v) is 9.97. The van der Waals surface area contributed by atoms with Crippen LogP contribution in [0.2, 0.25) is 0 Å². The molecular formula is C27H33F3N4O4. The molecule has 4 rings (SSSR count). The van der Waals surface area contributed by atoms with Gasteiger partial charge in [-0.1, -0.05) is 12.1 Å². The molecule has 2 heterocycles. The standard InChI is InChI=1S/C27H33F3N4O4/c1-16(18-7-6-8-20(24(18)28)27(29,30)13-35)31-25-19-9-23(22(37-5)10-21(19)32-17(2)33-25)38-15-26(14-36-4)11-34(3)12-26/h6-10,16,35H,11-15H2,1-5H3,(H,31,32,33)/t16-/m1/s1. The lowest BCUT2D eigenvalue weighted by atomic mass is 9.82. The summed E-state index contributed by atoms with van der Waals surface area (Å²) in [4.78, 5) is 11.2. The van der Waals surface area contributed by atoms with Crippen LogP contribution in [0.25, 0.3) is 10.9 Å². The van der Waals surface area contributed by atoms with Crippen LogP contribution in [0, 0.1) is 18.2 Å². The number of nitrogens with zero attached hydrogens (tertiary/aromatic N) is 3. The summed E-state index contributed by atoms with van der Waals surface area (Å²) < 4.78 is 60.5. The first-order chi connectivity index (χ1) is 18.0. The minimum Gasteiger partial charge on any atom is -0.493 e. The average Bonchev–Trinajstić information content (AvgIpc) is 2.86. The first kappa shape index (κ1) is 27.9. The summed E-state index contributed by atoms with van der Waals surface area (Å²) in [6.07, 6.45) is 0. The molecule has 11 heteroatoms. The van der Waals surface area contributed by atoms with Crippen molar-refractivity contribution in [2.45, 2.75) is 25.8 Å². The molecule has 38 heavy (non-hydrogen) atoms. The summed E-state index contributed by atoms with van der Waals surface area (Å²) in [5.74, 6) is -2.94. The van der Waals surface area contributed by atoms with Gasteiger partial charge in [-0.25, -0.2) is 14.4 Å². The van der Waals surface area contributed by atoms with Gasteiger partial charge in [0.15, 0.2) is 11.5 Å². The molecule has 1 aliphatic rings. The number of hydrogen-bond donors (Lipinski definition) is 2. The molecule has 0 aliphatic carbocycles. The number of aryl methyl sites for hydroxylation is 1. The minimum atomic E-state index is -3.70. The predicted octanol–water partition coefficient (Wildman–Crippen LogP) is 4.30. The van der Waals surface area contributed by atoms with Crippen molar-refractivity contribution < 1.29 is 32.5 Å². The fourth-order valence-electron chi connectivity index (χ4n) is 5.03. The molecule has 2 aromatic carbocycles. The highest BCUT2D eigenvalue weighted by atomic mass is 19.3. The molecule has 0 bridgehead atoms. The summed E-state index contributed by atoms with van der Waals surface area (Å²) >= 11 is 0. The van der Waals surface area contributed by atoms with E-state index in [2.05, 4.69) is 20.2 Å². The third-order valence-corrected chi connectivity index (χ3v) is 6.73. The zero-order chi connectivity index (χ0) is 27.7. The number of nitrogens with one attached hydrogen (secondary N) is 1. The normalized spacial score (nSPS) is 16.2. The molecule has 1 atom stereocenters. The van der Waals surface area contributed by atoms with E-state index in [4.69, 9.17) is 19.3 Å². The first-order valence-corrected chi connectivity index (χ1v) is 12.2. The van der Waals surface area contributed by atoms with Crippen LogP contribution in [0.4, 0.5) is 19.0 Å². The smallest absolute Gasteiger partial charge is 0.298 e. The number of benzene rings is 2. The lowest BCUT2D eigenvalue weighted by Crippen LogP contribution is -2.59. The van der Waals surface area contributed by atoms with E-state index >= 15 is 4.39 Å². The van der Waals surface area contributed by atoms with Crippen molar-refractivity contribution in [3.8, 4) is 11.5 Å². The number of alkyl halides is 2. The summed E-state index contributed by atoms with van der Waals surface area (Å²) in [5.41, 5.74) is -0.405. The number of hydrogen-bond acceptors (Lipinski definition) is 8. The van der Waals surface area contributed by atoms with E-state index in [0.717, 1.165) is 19.2 Å². The Hall–Kier alpha value is -3.15. The fourth-order valence-corrected chi connectivity index (χ4v) is 5.03. The Morgan fingerprint density at radius 3 is 2.53 bits per heavy atom. The number of aliphatic hydroxyl groups is 1. The molecule has 0 unspecified atom stereocenters. The predicted molar refractivity (Wildman–Crippen MR) is 138 cm³/mol. The molecule has 0 radical (unpaired) electrons. The van der Waals surface area contributed by atoms with E-state index in [-0.39, 0.29) is 11.0 Å². The van der Waals surface area contributed by atoms with Gasteiger partial charge in [0.2, 0.25) is 0 Å². The molecule has 0 spiro atoms. The Morgan fingerprint density at radius 1 is 1.16 bits per heavy atom. The summed E-state index contributed by atoms with van der Waals surface area (Å²) in [7, 11) is 5.25. The van der Waals surface area contributed by atoms with Crippen LogP contribution in [0.1, 0.15) is 29.9 Å². The molecular weight excluding hydrogens is 501 g/mol. The zero-order valence-electron chi connectivity index (χ0n) is 22.1. The molecule has 1 saturated heterocycles. The van der Waals surface area contributed by atoms with Gasteiger partial charge in [0.05, 0.1) is 42.9 Å². The highest BCUT2D eigenvalue weighted by Crippen LogP contribution is 2.38. The van der Waals surface area contributed by atoms with Gasteiger partial charge in [-0.15, -0.1) is 0 Å². The van der Waals surface area contributed by atoms with E-state index in [1.54, 1.807) is 40.2 Å². The average molecular weight is 535 g/mol. The Morgan fingerprint density at radius 2 is 1.89 bits per heavy atom. The number of rotatable bonds is 11. The number of aromatic nitrogens is 2. The molecule has 1 aromatic heterocycles. The van der Waals surface area contributed by atoms with Crippen molar-refractivity contribution in [2.75, 3.05) is 59.5 Å². The number of fused-ring (bicyclic) bond motifs is 1. The van der Waals surface area contributed by atoms with Crippen molar-refractivity contribution >= 4 is 16.7 Å². The number of methoxy groups -OCH3 is 2. The molecule has 2 N–H and O–H groups in total. The van der Waals surface area contributed by atoms with Crippen molar-refractivity contribution in [3.05, 3.63) is 53.1 Å². The largest absolute Gasteiger partial charge is 0.493 e. The maximum absolute atomic E-state index is 15.1. The van der Waals surface area contributed by atoms with Gasteiger partial charge in [-0.05, 0) is 33.0 Å². The van der Waals surface area contributed by atoms with Crippen LogP contribution >= 0.6 is 0 Å². The lowest BCUT2D eigenvalue weighted by Gasteiger charge is -2.47. The van der Waals surface area contributed by atoms with Gasteiger partial charge in [-0.2, -0.15) is 8.78 Å². The van der Waals surface area contributed by atoms with E-state index in [1.807, 2.05) is 7.05 Å². The van der Waals surface area contributed by atoms with Gasteiger partial charge in [0, 0.05) is 37.2 Å². The van der Waals surface area contributed by atoms with Gasteiger partial charge in [0.25, 0.3) is 5.92 Å². The van der Waals surface area contributed by atoms with Crippen LogP contribution in [0.15, 0.2) is 30.3 Å². The van der Waals surface area contributed by atoms with Gasteiger partial charge >= 0.3 is 0 Å². The summed E-state index contributed by atoms with van der Waals surface area (Å²) in [6.45, 7) is 4.52. The van der Waals surface area contributed by atoms with Crippen LogP contribution < -0.4 is 14.8 Å². The van der Waals surface area contributed by atoms with E-state index < -0.39 is 30.0 Å². The number of anilines is 1. The second-order valence-electron chi connectivity index (χ2n) is 9.97. The van der Waals surface area contributed by atoms with E-state index in [9.17, 15) is 8.78 Å². The zero-order valence-corrected chi connectivity index (χ0v) is 22.1. The lowest BCUT2D eigenvalue weighted by molar-refractivity contribution is -0.0674.